The minimum Gasteiger partial charge on any atom is -0.230 e. The summed E-state index contributed by atoms with van der Waals surface area (Å²) in [4.78, 5) is 15.5. The summed E-state index contributed by atoms with van der Waals surface area (Å²) >= 11 is 1.40. The van der Waals surface area contributed by atoms with Crippen LogP contribution in [-0.4, -0.2) is 19.9 Å². The van der Waals surface area contributed by atoms with Crippen molar-refractivity contribution in [1.82, 2.24) is 19.9 Å². The summed E-state index contributed by atoms with van der Waals surface area (Å²) in [6.45, 7) is 0. The van der Waals surface area contributed by atoms with Gasteiger partial charge in [0.2, 0.25) is 0 Å². The van der Waals surface area contributed by atoms with Gasteiger partial charge in [0, 0.05) is 5.38 Å². The topological polar surface area (TPSA) is 51.6 Å². The Bertz CT molecular complexity index is 318. The molecule has 0 saturated carbocycles. The molecule has 0 N–H and O–H groups in total. The van der Waals surface area contributed by atoms with Gasteiger partial charge in [-0.25, -0.2) is 19.9 Å². The van der Waals surface area contributed by atoms with E-state index in [4.69, 9.17) is 0 Å². The van der Waals surface area contributed by atoms with Gasteiger partial charge in [-0.1, -0.05) is 0 Å². The molecule has 1 radical (unpaired) electrons. The van der Waals surface area contributed by atoms with Crippen molar-refractivity contribution >= 4 is 11.3 Å². The van der Waals surface area contributed by atoms with Gasteiger partial charge in [-0.3, -0.25) is 0 Å². The van der Waals surface area contributed by atoms with Crippen molar-refractivity contribution in [2.45, 2.75) is 0 Å². The lowest BCUT2D eigenvalue weighted by Crippen LogP contribution is -1.87. The lowest BCUT2D eigenvalue weighted by Gasteiger charge is -1.89. The van der Waals surface area contributed by atoms with Gasteiger partial charge in [-0.05, 0) is 0 Å². The lowest BCUT2D eigenvalue weighted by molar-refractivity contribution is 1.05. The highest BCUT2D eigenvalue weighted by Crippen LogP contribution is 2.11. The van der Waals surface area contributed by atoms with Crippen LogP contribution in [-0.2, 0) is 0 Å². The summed E-state index contributed by atoms with van der Waals surface area (Å²) in [5.41, 5.74) is 3.47. The van der Waals surface area contributed by atoms with Gasteiger partial charge in [0.1, 0.15) is 18.3 Å². The number of rotatable bonds is 1. The Hall–Kier alpha value is -1.36. The van der Waals surface area contributed by atoms with E-state index in [1.807, 2.05) is 5.38 Å². The van der Waals surface area contributed by atoms with Crippen molar-refractivity contribution in [1.29, 1.82) is 0 Å². The zero-order valence-corrected chi connectivity index (χ0v) is 6.25. The molecular weight excluding hydrogens is 160 g/mol. The summed E-state index contributed by atoms with van der Waals surface area (Å²) in [5.74, 6) is 0.595. The first kappa shape index (κ1) is 6.36. The van der Waals surface area contributed by atoms with Crippen LogP contribution in [0.1, 0.15) is 0 Å². The highest BCUT2D eigenvalue weighted by Gasteiger charge is 2.00. The standard InChI is InChI=1S/C6H3N4S/c1-5(10-4-11-1)6-8-2-7-3-9-6/h1-3H. The molecule has 0 spiro atoms. The molecule has 0 aromatic carbocycles. The van der Waals surface area contributed by atoms with Gasteiger partial charge >= 0.3 is 0 Å². The van der Waals surface area contributed by atoms with E-state index in [9.17, 15) is 0 Å². The van der Waals surface area contributed by atoms with E-state index in [0.29, 0.717) is 5.82 Å². The maximum Gasteiger partial charge on any atom is 0.182 e. The largest absolute Gasteiger partial charge is 0.230 e. The maximum atomic E-state index is 3.93. The second kappa shape index (κ2) is 2.71. The van der Waals surface area contributed by atoms with Crippen LogP contribution in [0.3, 0.4) is 0 Å². The summed E-state index contributed by atoms with van der Waals surface area (Å²) in [7, 11) is 0. The van der Waals surface area contributed by atoms with E-state index < -0.39 is 0 Å². The Morgan fingerprint density at radius 3 is 2.73 bits per heavy atom. The lowest BCUT2D eigenvalue weighted by atomic mass is 10.5. The molecule has 0 saturated heterocycles. The third-order valence-corrected chi connectivity index (χ3v) is 1.65. The molecule has 0 aliphatic heterocycles. The SMILES string of the molecule is [c]1nc(-c2ncncn2)cs1. The quantitative estimate of drug-likeness (QED) is 0.623. The maximum absolute atomic E-state index is 3.93. The normalized spacial score (nSPS) is 9.82. The van der Waals surface area contributed by atoms with Gasteiger partial charge in [-0.2, -0.15) is 0 Å². The predicted molar refractivity (Wildman–Crippen MR) is 39.8 cm³/mol. The monoisotopic (exact) mass is 163 g/mol. The highest BCUT2D eigenvalue weighted by atomic mass is 32.1. The summed E-state index contributed by atoms with van der Waals surface area (Å²) in [6.07, 6.45) is 2.89. The molecule has 0 atom stereocenters. The zero-order chi connectivity index (χ0) is 7.52. The van der Waals surface area contributed by atoms with Gasteiger partial charge in [0.15, 0.2) is 11.3 Å². The van der Waals surface area contributed by atoms with Gasteiger partial charge in [0.25, 0.3) is 0 Å². The number of thiazole rings is 1. The van der Waals surface area contributed by atoms with Crippen molar-refractivity contribution < 1.29 is 0 Å². The predicted octanol–water partition coefficient (Wildman–Crippen LogP) is 0.795. The van der Waals surface area contributed by atoms with Crippen LogP contribution in [0.15, 0.2) is 18.0 Å². The molecule has 0 amide bonds. The molecule has 2 rings (SSSR count). The molecule has 0 bridgehead atoms. The Labute approximate surface area is 67.0 Å². The third-order valence-electron chi connectivity index (χ3n) is 1.11. The van der Waals surface area contributed by atoms with E-state index in [1.54, 1.807) is 0 Å². The molecule has 5 heteroatoms. The fourth-order valence-electron chi connectivity index (χ4n) is 0.658. The first-order valence-corrected chi connectivity index (χ1v) is 3.79. The Kier molecular flexibility index (Phi) is 1.57. The molecule has 2 aromatic rings. The summed E-state index contributed by atoms with van der Waals surface area (Å²) in [5, 5.41) is 1.84. The van der Waals surface area contributed by atoms with Crippen LogP contribution in [0.4, 0.5) is 0 Å². The highest BCUT2D eigenvalue weighted by molar-refractivity contribution is 7.07. The molecule has 11 heavy (non-hydrogen) atoms. The molecule has 4 nitrogen and oxygen atoms in total. The van der Waals surface area contributed by atoms with Crippen molar-refractivity contribution in [2.24, 2.45) is 0 Å². The number of hydrogen-bond acceptors (Lipinski definition) is 5. The van der Waals surface area contributed by atoms with Crippen LogP contribution >= 0.6 is 11.3 Å². The smallest absolute Gasteiger partial charge is 0.182 e. The van der Waals surface area contributed by atoms with Gasteiger partial charge < -0.3 is 0 Å². The van der Waals surface area contributed by atoms with E-state index >= 15 is 0 Å². The molecular formula is C6H3N4S. The van der Waals surface area contributed by atoms with Crippen molar-refractivity contribution in [3.05, 3.63) is 23.5 Å². The summed E-state index contributed by atoms with van der Waals surface area (Å²) < 4.78 is 0. The van der Waals surface area contributed by atoms with Crippen LogP contribution < -0.4 is 0 Å². The van der Waals surface area contributed by atoms with Crippen LogP contribution in [0.2, 0.25) is 0 Å². The van der Waals surface area contributed by atoms with E-state index in [0.717, 1.165) is 5.69 Å². The van der Waals surface area contributed by atoms with Gasteiger partial charge in [-0.15, -0.1) is 11.3 Å². The first-order valence-electron chi connectivity index (χ1n) is 2.91. The fraction of sp³-hybridized carbons (Fsp3) is 0. The minimum atomic E-state index is 0.595. The van der Waals surface area contributed by atoms with E-state index in [1.165, 1.54) is 24.0 Å². The number of hydrogen-bond donors (Lipinski definition) is 0. The summed E-state index contributed by atoms with van der Waals surface area (Å²) in [6, 6.07) is 0. The molecule has 53 valence electrons. The Balaban J connectivity index is 2.46. The van der Waals surface area contributed by atoms with Gasteiger partial charge in [0.05, 0.1) is 0 Å². The van der Waals surface area contributed by atoms with Crippen LogP contribution in [0, 0.1) is 5.51 Å². The number of nitrogens with zero attached hydrogens (tertiary/aromatic N) is 4. The molecule has 0 aliphatic carbocycles. The fourth-order valence-corrected chi connectivity index (χ4v) is 1.13. The average Bonchev–Trinajstić information content (AvgIpc) is 2.58. The van der Waals surface area contributed by atoms with Crippen molar-refractivity contribution in [3.63, 3.8) is 0 Å². The van der Waals surface area contributed by atoms with E-state index in [-0.39, 0.29) is 0 Å². The van der Waals surface area contributed by atoms with E-state index in [2.05, 4.69) is 25.4 Å². The Morgan fingerprint density at radius 1 is 1.27 bits per heavy atom. The van der Waals surface area contributed by atoms with Crippen molar-refractivity contribution in [2.75, 3.05) is 0 Å². The van der Waals surface area contributed by atoms with Crippen LogP contribution in [0.25, 0.3) is 11.5 Å². The molecule has 2 heterocycles. The van der Waals surface area contributed by atoms with Crippen LogP contribution in [0.5, 0.6) is 0 Å². The van der Waals surface area contributed by atoms with Crippen molar-refractivity contribution in [3.8, 4) is 11.5 Å². The first-order chi connectivity index (χ1) is 5.47. The molecule has 0 aliphatic rings. The zero-order valence-electron chi connectivity index (χ0n) is 5.43. The minimum absolute atomic E-state index is 0.595. The number of aromatic nitrogens is 4. The second-order valence-electron chi connectivity index (χ2n) is 1.79. The third kappa shape index (κ3) is 1.22. The molecule has 0 fully saturated rings. The second-order valence-corrected chi connectivity index (χ2v) is 2.44. The molecule has 0 unspecified atom stereocenters. The Morgan fingerprint density at radius 2 is 2.09 bits per heavy atom. The average molecular weight is 163 g/mol. The molecule has 2 aromatic heterocycles.